The van der Waals surface area contributed by atoms with E-state index in [1.54, 1.807) is 0 Å². The fraction of sp³-hybridized carbons (Fsp3) is 0.917. The second kappa shape index (κ2) is 7.61. The highest BCUT2D eigenvalue weighted by molar-refractivity contribution is 5.76. The molecular weight excluding hydrogens is 245 g/mol. The number of rotatable bonds is 7. The lowest BCUT2D eigenvalue weighted by molar-refractivity contribution is -0.141. The van der Waals surface area contributed by atoms with Crippen molar-refractivity contribution < 1.29 is 18.0 Å². The molecule has 0 saturated heterocycles. The largest absolute Gasteiger partial charge is 0.391 e. The molecule has 0 fully saturated rings. The molecule has 0 saturated carbocycles. The summed E-state index contributed by atoms with van der Waals surface area (Å²) in [6.45, 7) is 5.77. The van der Waals surface area contributed by atoms with Gasteiger partial charge in [0.05, 0.1) is 6.42 Å². The number of carbonyl (C=O) groups is 1. The molecule has 3 N–H and O–H groups in total. The molecular formula is C12H23F3N2O. The lowest BCUT2D eigenvalue weighted by atomic mass is 9.94. The number of halogens is 3. The number of hydrogen-bond donors (Lipinski definition) is 2. The number of nitrogens with two attached hydrogens (primary N) is 1. The summed E-state index contributed by atoms with van der Waals surface area (Å²) in [6, 6.07) is -0.894. The van der Waals surface area contributed by atoms with E-state index in [0.717, 1.165) is 6.42 Å². The Morgan fingerprint density at radius 1 is 1.28 bits per heavy atom. The predicted molar refractivity (Wildman–Crippen MR) is 64.9 cm³/mol. The Bertz CT molecular complexity index is 254. The van der Waals surface area contributed by atoms with Gasteiger partial charge in [0.2, 0.25) is 5.91 Å². The van der Waals surface area contributed by atoms with Crippen LogP contribution in [0.2, 0.25) is 0 Å². The first-order valence-electron chi connectivity index (χ1n) is 6.20. The van der Waals surface area contributed by atoms with Crippen molar-refractivity contribution in [1.82, 2.24) is 5.32 Å². The van der Waals surface area contributed by atoms with Crippen molar-refractivity contribution >= 4 is 5.91 Å². The van der Waals surface area contributed by atoms with Crippen LogP contribution in [-0.4, -0.2) is 24.7 Å². The van der Waals surface area contributed by atoms with E-state index < -0.39 is 18.6 Å². The summed E-state index contributed by atoms with van der Waals surface area (Å²) >= 11 is 0. The van der Waals surface area contributed by atoms with E-state index in [1.165, 1.54) is 6.92 Å². The Labute approximate surface area is 106 Å². The van der Waals surface area contributed by atoms with Gasteiger partial charge in [-0.2, -0.15) is 13.2 Å². The fourth-order valence-electron chi connectivity index (χ4n) is 1.92. The second-order valence-electron chi connectivity index (χ2n) is 5.22. The van der Waals surface area contributed by atoms with E-state index in [0.29, 0.717) is 12.5 Å². The van der Waals surface area contributed by atoms with Gasteiger partial charge in [0, 0.05) is 12.5 Å². The summed E-state index contributed by atoms with van der Waals surface area (Å²) in [7, 11) is 0. The summed E-state index contributed by atoms with van der Waals surface area (Å²) < 4.78 is 36.3. The molecule has 0 aromatic carbocycles. The molecule has 0 radical (unpaired) electrons. The SMILES string of the molecule is CC(C)CC(CN)CC(=O)NC(C)CC(F)(F)F. The molecule has 3 nitrogen and oxygen atoms in total. The van der Waals surface area contributed by atoms with Crippen LogP contribution in [0.1, 0.15) is 40.0 Å². The quantitative estimate of drug-likeness (QED) is 0.745. The van der Waals surface area contributed by atoms with E-state index in [1.807, 2.05) is 13.8 Å². The first-order chi connectivity index (χ1) is 8.14. The molecule has 2 atom stereocenters. The van der Waals surface area contributed by atoms with Crippen molar-refractivity contribution in [2.45, 2.75) is 52.3 Å². The van der Waals surface area contributed by atoms with E-state index in [4.69, 9.17) is 5.73 Å². The van der Waals surface area contributed by atoms with E-state index in [9.17, 15) is 18.0 Å². The smallest absolute Gasteiger partial charge is 0.353 e. The molecule has 6 heteroatoms. The zero-order valence-corrected chi connectivity index (χ0v) is 11.2. The maximum absolute atomic E-state index is 12.1. The number of alkyl halides is 3. The minimum atomic E-state index is -4.25. The third-order valence-electron chi connectivity index (χ3n) is 2.56. The maximum Gasteiger partial charge on any atom is 0.391 e. The van der Waals surface area contributed by atoms with Gasteiger partial charge in [-0.25, -0.2) is 0 Å². The van der Waals surface area contributed by atoms with Crippen molar-refractivity contribution in [2.24, 2.45) is 17.6 Å². The number of hydrogen-bond acceptors (Lipinski definition) is 2. The van der Waals surface area contributed by atoms with E-state index in [-0.39, 0.29) is 18.2 Å². The molecule has 0 bridgehead atoms. The van der Waals surface area contributed by atoms with Crippen molar-refractivity contribution in [1.29, 1.82) is 0 Å². The van der Waals surface area contributed by atoms with Gasteiger partial charge in [0.15, 0.2) is 0 Å². The molecule has 0 aliphatic carbocycles. The Hall–Kier alpha value is -0.780. The maximum atomic E-state index is 12.1. The minimum absolute atomic E-state index is 0.0306. The van der Waals surface area contributed by atoms with Gasteiger partial charge in [-0.05, 0) is 31.7 Å². The first kappa shape index (κ1) is 17.2. The zero-order valence-electron chi connectivity index (χ0n) is 11.2. The van der Waals surface area contributed by atoms with Gasteiger partial charge in [-0.1, -0.05) is 13.8 Å². The highest BCUT2D eigenvalue weighted by Gasteiger charge is 2.30. The van der Waals surface area contributed by atoms with E-state index in [2.05, 4.69) is 5.32 Å². The van der Waals surface area contributed by atoms with Gasteiger partial charge in [0.25, 0.3) is 0 Å². The Kier molecular flexibility index (Phi) is 7.28. The molecule has 0 rings (SSSR count). The monoisotopic (exact) mass is 268 g/mol. The van der Waals surface area contributed by atoms with Crippen LogP contribution < -0.4 is 11.1 Å². The Morgan fingerprint density at radius 2 is 1.83 bits per heavy atom. The molecule has 18 heavy (non-hydrogen) atoms. The van der Waals surface area contributed by atoms with Crippen LogP contribution in [0.5, 0.6) is 0 Å². The average Bonchev–Trinajstić information content (AvgIpc) is 2.12. The molecule has 0 aliphatic rings. The van der Waals surface area contributed by atoms with Gasteiger partial charge in [-0.15, -0.1) is 0 Å². The molecule has 108 valence electrons. The Balaban J connectivity index is 4.08. The summed E-state index contributed by atoms with van der Waals surface area (Å²) in [6.07, 6.45) is -4.26. The van der Waals surface area contributed by atoms with Crippen molar-refractivity contribution in [3.05, 3.63) is 0 Å². The lowest BCUT2D eigenvalue weighted by Gasteiger charge is -2.19. The summed E-state index contributed by atoms with van der Waals surface area (Å²) in [5.41, 5.74) is 5.54. The zero-order chi connectivity index (χ0) is 14.3. The number of carbonyl (C=O) groups excluding carboxylic acids is 1. The van der Waals surface area contributed by atoms with Gasteiger partial charge < -0.3 is 11.1 Å². The van der Waals surface area contributed by atoms with Crippen LogP contribution in [0.4, 0.5) is 13.2 Å². The third-order valence-corrected chi connectivity index (χ3v) is 2.56. The highest BCUT2D eigenvalue weighted by atomic mass is 19.4. The van der Waals surface area contributed by atoms with Gasteiger partial charge in [0.1, 0.15) is 0 Å². The molecule has 0 aromatic heterocycles. The number of nitrogens with one attached hydrogen (secondary N) is 1. The molecule has 0 aliphatic heterocycles. The normalized spacial score (nSPS) is 15.6. The number of amides is 1. The summed E-state index contributed by atoms with van der Waals surface area (Å²) in [4.78, 5) is 11.6. The lowest BCUT2D eigenvalue weighted by Crippen LogP contribution is -2.37. The average molecular weight is 268 g/mol. The van der Waals surface area contributed by atoms with Crippen LogP contribution in [0, 0.1) is 11.8 Å². The summed E-state index contributed by atoms with van der Waals surface area (Å²) in [5, 5.41) is 2.36. The van der Waals surface area contributed by atoms with Crippen molar-refractivity contribution in [3.63, 3.8) is 0 Å². The van der Waals surface area contributed by atoms with E-state index >= 15 is 0 Å². The van der Waals surface area contributed by atoms with Crippen LogP contribution in [0.3, 0.4) is 0 Å². The van der Waals surface area contributed by atoms with Crippen LogP contribution in [0.25, 0.3) is 0 Å². The Morgan fingerprint density at radius 3 is 2.22 bits per heavy atom. The van der Waals surface area contributed by atoms with Gasteiger partial charge >= 0.3 is 6.18 Å². The van der Waals surface area contributed by atoms with Crippen molar-refractivity contribution in [3.8, 4) is 0 Å². The summed E-state index contributed by atoms with van der Waals surface area (Å²) in [5.74, 6) is 0.0879. The molecule has 0 heterocycles. The van der Waals surface area contributed by atoms with Crippen LogP contribution in [-0.2, 0) is 4.79 Å². The second-order valence-corrected chi connectivity index (χ2v) is 5.22. The van der Waals surface area contributed by atoms with Crippen molar-refractivity contribution in [2.75, 3.05) is 6.54 Å². The fourth-order valence-corrected chi connectivity index (χ4v) is 1.92. The third kappa shape index (κ3) is 9.27. The molecule has 1 amide bonds. The topological polar surface area (TPSA) is 55.1 Å². The van der Waals surface area contributed by atoms with Gasteiger partial charge in [-0.3, -0.25) is 4.79 Å². The molecule has 2 unspecified atom stereocenters. The minimum Gasteiger partial charge on any atom is -0.353 e. The molecule has 0 aromatic rings. The highest BCUT2D eigenvalue weighted by Crippen LogP contribution is 2.21. The standard InChI is InChI=1S/C12H23F3N2O/c1-8(2)4-10(7-16)5-11(18)17-9(3)6-12(13,14)15/h8-10H,4-7,16H2,1-3H3,(H,17,18). The predicted octanol–water partition coefficient (Wildman–Crippen LogP) is 2.45. The molecule has 0 spiro atoms. The first-order valence-corrected chi connectivity index (χ1v) is 6.20. The van der Waals surface area contributed by atoms with Crippen LogP contribution >= 0.6 is 0 Å². The van der Waals surface area contributed by atoms with Crippen LogP contribution in [0.15, 0.2) is 0 Å².